The number of methoxy groups -OCH3 is 1. The SMILES string of the molecule is COc1cc(N2CCN(C3CN(C(=O)c4cnc(C(=O)Nc5ccc(C6CCC(=O)NC6=O)cc5)cn4)C3)CC2)c(C)cc1Nc1ncc(Br)c(Nc2ccc3nccnc3c2P(C)(C)=O)n1. The third-order valence-corrected chi connectivity index (χ3v) is 14.3. The van der Waals surface area contributed by atoms with E-state index in [1.165, 1.54) is 12.4 Å². The minimum atomic E-state index is -2.79. The van der Waals surface area contributed by atoms with Gasteiger partial charge in [-0.2, -0.15) is 4.98 Å². The molecule has 3 saturated heterocycles. The van der Waals surface area contributed by atoms with E-state index in [1.807, 2.05) is 24.3 Å². The van der Waals surface area contributed by atoms with Crippen LogP contribution in [0.3, 0.4) is 0 Å². The van der Waals surface area contributed by atoms with E-state index in [0.717, 1.165) is 43.0 Å². The average Bonchev–Trinajstić information content (AvgIpc) is 3.30. The number of nitrogens with zero attached hydrogens (tertiary/aromatic N) is 9. The molecule has 4 amide bonds. The Morgan fingerprint density at radius 1 is 0.866 bits per heavy atom. The summed E-state index contributed by atoms with van der Waals surface area (Å²) in [7, 11) is -1.17. The third-order valence-electron chi connectivity index (χ3n) is 12.1. The zero-order chi connectivity index (χ0) is 47.0. The topological polar surface area (TPSA) is 230 Å². The number of piperidine rings is 1. The predicted molar refractivity (Wildman–Crippen MR) is 258 cm³/mol. The van der Waals surface area contributed by atoms with E-state index < -0.39 is 19.0 Å². The van der Waals surface area contributed by atoms with Crippen molar-refractivity contribution >= 4 is 97.6 Å². The van der Waals surface area contributed by atoms with Gasteiger partial charge in [0.15, 0.2) is 0 Å². The molecule has 3 aliphatic rings. The maximum Gasteiger partial charge on any atom is 0.275 e. The molecule has 0 radical (unpaired) electrons. The summed E-state index contributed by atoms with van der Waals surface area (Å²) in [6, 6.07) is 14.8. The highest BCUT2D eigenvalue weighted by Crippen LogP contribution is 2.42. The van der Waals surface area contributed by atoms with Gasteiger partial charge in [-0.3, -0.25) is 39.4 Å². The second-order valence-electron chi connectivity index (χ2n) is 17.0. The van der Waals surface area contributed by atoms with Crippen LogP contribution in [0.4, 0.5) is 34.5 Å². The summed E-state index contributed by atoms with van der Waals surface area (Å²) in [5, 5.41) is 12.4. The number of imide groups is 1. The molecule has 6 heterocycles. The molecule has 3 aliphatic heterocycles. The number of aromatic nitrogens is 6. The zero-order valence-electron chi connectivity index (χ0n) is 37.1. The number of rotatable bonds is 12. The molecule has 0 saturated carbocycles. The highest BCUT2D eigenvalue weighted by molar-refractivity contribution is 9.10. The molecule has 1 atom stereocenters. The molecule has 6 aromatic rings. The number of benzene rings is 3. The Kier molecular flexibility index (Phi) is 12.7. The smallest absolute Gasteiger partial charge is 0.275 e. The normalized spacial score (nSPS) is 16.9. The van der Waals surface area contributed by atoms with Gasteiger partial charge >= 0.3 is 0 Å². The molecule has 0 spiro atoms. The van der Waals surface area contributed by atoms with E-state index in [4.69, 9.17) is 9.72 Å². The van der Waals surface area contributed by atoms with Crippen molar-refractivity contribution in [3.8, 4) is 5.75 Å². The van der Waals surface area contributed by atoms with E-state index in [2.05, 4.69) is 78.8 Å². The van der Waals surface area contributed by atoms with Crippen LogP contribution in [-0.4, -0.2) is 129 Å². The van der Waals surface area contributed by atoms with Crippen LogP contribution >= 0.6 is 23.1 Å². The lowest BCUT2D eigenvalue weighted by atomic mass is 9.90. The summed E-state index contributed by atoms with van der Waals surface area (Å²) >= 11 is 3.57. The van der Waals surface area contributed by atoms with Crippen LogP contribution in [0.25, 0.3) is 11.0 Å². The summed E-state index contributed by atoms with van der Waals surface area (Å²) in [6.45, 7) is 9.81. The molecule has 4 N–H and O–H groups in total. The molecule has 9 rings (SSSR count). The van der Waals surface area contributed by atoms with Gasteiger partial charge in [0.1, 0.15) is 35.6 Å². The lowest BCUT2D eigenvalue weighted by Gasteiger charge is -2.48. The molecule has 21 heteroatoms. The maximum absolute atomic E-state index is 13.5. The minimum absolute atomic E-state index is 0.0564. The predicted octanol–water partition coefficient (Wildman–Crippen LogP) is 5.44. The number of anilines is 6. The second kappa shape index (κ2) is 18.8. The lowest BCUT2D eigenvalue weighted by molar-refractivity contribution is -0.134. The standard InChI is InChI=1S/C46H47BrN13O6P/c1-26-19-34(55-46-52-21-31(47)42(57-46)54-33-11-10-32-40(49-14-13-48-32)41(33)67(3,4)65)38(66-2)20-37(26)59-17-15-58(16-18-59)29-24-60(25-29)45(64)36-23-50-35(22-51-36)44(63)53-28-7-5-27(6-8-28)30-9-12-39(61)56-43(30)62/h5-8,10-11,13-14,19-23,29-30H,9,12,15-18,24-25H2,1-4H3,(H,53,63)(H,56,61,62)(H2,52,54,55,57). The van der Waals surface area contributed by atoms with Gasteiger partial charge in [-0.05, 0) is 84.1 Å². The molecule has 3 aromatic carbocycles. The lowest BCUT2D eigenvalue weighted by Crippen LogP contribution is -2.64. The number of amides is 4. The van der Waals surface area contributed by atoms with Crippen LogP contribution in [0.2, 0.25) is 0 Å². The van der Waals surface area contributed by atoms with Gasteiger partial charge in [-0.15, -0.1) is 0 Å². The molecule has 0 bridgehead atoms. The Balaban J connectivity index is 0.771. The molecular weight excluding hydrogens is 941 g/mol. The van der Waals surface area contributed by atoms with E-state index in [1.54, 1.807) is 68.2 Å². The Morgan fingerprint density at radius 2 is 1.60 bits per heavy atom. The first-order valence-corrected chi connectivity index (χ1v) is 25.0. The number of hydrogen-bond acceptors (Lipinski definition) is 16. The van der Waals surface area contributed by atoms with Gasteiger partial charge in [0.05, 0.1) is 52.1 Å². The molecule has 0 aliphatic carbocycles. The maximum atomic E-state index is 13.5. The van der Waals surface area contributed by atoms with Crippen molar-refractivity contribution in [3.63, 3.8) is 0 Å². The number of carbonyl (C=O) groups excluding carboxylic acids is 4. The van der Waals surface area contributed by atoms with Crippen molar-refractivity contribution in [1.82, 2.24) is 45.0 Å². The molecule has 3 fully saturated rings. The number of piperazine rings is 1. The summed E-state index contributed by atoms with van der Waals surface area (Å²) in [5.41, 5.74) is 6.12. The summed E-state index contributed by atoms with van der Waals surface area (Å²) in [6.07, 6.45) is 8.18. The van der Waals surface area contributed by atoms with Gasteiger partial charge in [0.2, 0.25) is 17.8 Å². The van der Waals surface area contributed by atoms with Gasteiger partial charge in [0, 0.05) is 87.8 Å². The Labute approximate surface area is 394 Å². The number of halogens is 1. The number of likely N-dealkylation sites (tertiary alicyclic amines) is 1. The molecule has 344 valence electrons. The minimum Gasteiger partial charge on any atom is -0.494 e. The quantitative estimate of drug-likeness (QED) is 0.0883. The summed E-state index contributed by atoms with van der Waals surface area (Å²) < 4.78 is 20.0. The van der Waals surface area contributed by atoms with Crippen LogP contribution in [0.15, 0.2) is 84.0 Å². The molecule has 19 nitrogen and oxygen atoms in total. The molecule has 67 heavy (non-hydrogen) atoms. The van der Waals surface area contributed by atoms with Crippen LogP contribution in [0.1, 0.15) is 50.9 Å². The molecular formula is C46H47BrN13O6P. The Morgan fingerprint density at radius 3 is 2.30 bits per heavy atom. The van der Waals surface area contributed by atoms with Gasteiger partial charge in [-0.1, -0.05) is 12.1 Å². The van der Waals surface area contributed by atoms with Crippen molar-refractivity contribution in [1.29, 1.82) is 0 Å². The number of hydrogen-bond donors (Lipinski definition) is 4. The summed E-state index contributed by atoms with van der Waals surface area (Å²) in [5.74, 6) is -0.318. The van der Waals surface area contributed by atoms with E-state index in [0.29, 0.717) is 74.9 Å². The number of aryl methyl sites for hydroxylation is 1. The van der Waals surface area contributed by atoms with E-state index in [-0.39, 0.29) is 41.6 Å². The summed E-state index contributed by atoms with van der Waals surface area (Å²) in [4.78, 5) is 83.0. The number of nitrogens with one attached hydrogen (secondary N) is 4. The first kappa shape index (κ1) is 45.3. The number of ether oxygens (including phenoxy) is 1. The van der Waals surface area contributed by atoms with Crippen LogP contribution < -0.4 is 36.2 Å². The molecule has 1 unspecified atom stereocenters. The second-order valence-corrected chi connectivity index (χ2v) is 21.0. The fourth-order valence-corrected chi connectivity index (χ4v) is 10.3. The van der Waals surface area contributed by atoms with Crippen molar-refractivity contribution in [2.24, 2.45) is 0 Å². The third kappa shape index (κ3) is 9.68. The van der Waals surface area contributed by atoms with Crippen molar-refractivity contribution in [2.45, 2.75) is 31.7 Å². The largest absolute Gasteiger partial charge is 0.494 e. The van der Waals surface area contributed by atoms with Crippen LogP contribution in [0.5, 0.6) is 5.75 Å². The number of carbonyl (C=O) groups is 4. The highest BCUT2D eigenvalue weighted by atomic mass is 79.9. The van der Waals surface area contributed by atoms with Crippen molar-refractivity contribution in [2.75, 3.05) is 80.6 Å². The van der Waals surface area contributed by atoms with Crippen LogP contribution in [-0.2, 0) is 14.2 Å². The number of fused-ring (bicyclic) bond motifs is 1. The first-order chi connectivity index (χ1) is 32.2. The highest BCUT2D eigenvalue weighted by Gasteiger charge is 2.37. The van der Waals surface area contributed by atoms with Gasteiger partial charge in [0.25, 0.3) is 11.8 Å². The monoisotopic (exact) mass is 987 g/mol. The Bertz CT molecular complexity index is 2960. The van der Waals surface area contributed by atoms with Gasteiger partial charge < -0.3 is 35.1 Å². The van der Waals surface area contributed by atoms with Gasteiger partial charge in [-0.25, -0.2) is 15.0 Å². The first-order valence-electron chi connectivity index (χ1n) is 21.6. The Hall–Kier alpha value is -6.89. The molecule has 3 aromatic heterocycles. The van der Waals surface area contributed by atoms with Crippen molar-refractivity contribution < 1.29 is 28.5 Å². The average molecular weight is 989 g/mol. The fraction of sp³-hybridized carbons (Fsp3) is 0.304. The fourth-order valence-electron chi connectivity index (χ4n) is 8.62. The van der Waals surface area contributed by atoms with Crippen LogP contribution in [0, 0.1) is 6.92 Å². The van der Waals surface area contributed by atoms with E-state index >= 15 is 0 Å². The van der Waals surface area contributed by atoms with Crippen molar-refractivity contribution in [3.05, 3.63) is 107 Å². The zero-order valence-corrected chi connectivity index (χ0v) is 39.6. The van der Waals surface area contributed by atoms with E-state index in [9.17, 15) is 23.7 Å².